The Balaban J connectivity index is 2.76. The van der Waals surface area contributed by atoms with Crippen LogP contribution in [-0.4, -0.2) is 30.2 Å². The van der Waals surface area contributed by atoms with Crippen LogP contribution in [-0.2, 0) is 9.53 Å². The van der Waals surface area contributed by atoms with Gasteiger partial charge >= 0.3 is 0 Å². The van der Waals surface area contributed by atoms with Gasteiger partial charge in [0.15, 0.2) is 0 Å². The van der Waals surface area contributed by atoms with Crippen molar-refractivity contribution >= 4 is 11.6 Å². The zero-order valence-corrected chi connectivity index (χ0v) is 12.2. The molecule has 0 aliphatic rings. The molecule has 0 aliphatic heterocycles. The molecule has 0 unspecified atom stereocenters. The van der Waals surface area contributed by atoms with Gasteiger partial charge in [-0.2, -0.15) is 0 Å². The number of ether oxygens (including phenoxy) is 2. The van der Waals surface area contributed by atoms with E-state index < -0.39 is 5.60 Å². The summed E-state index contributed by atoms with van der Waals surface area (Å²) >= 11 is 0. The zero-order valence-electron chi connectivity index (χ0n) is 12.2. The fraction of sp³-hybridized carbons (Fsp3) is 0.571. The van der Waals surface area contributed by atoms with E-state index in [0.29, 0.717) is 18.2 Å². The van der Waals surface area contributed by atoms with Gasteiger partial charge in [-0.15, -0.1) is 0 Å². The highest BCUT2D eigenvalue weighted by Gasteiger charge is 2.27. The van der Waals surface area contributed by atoms with E-state index in [4.69, 9.17) is 9.47 Å². The largest absolute Gasteiger partial charge is 0.477 e. The van der Waals surface area contributed by atoms with Crippen LogP contribution >= 0.6 is 0 Å². The maximum absolute atomic E-state index is 11.9. The number of rotatable bonds is 6. The van der Waals surface area contributed by atoms with Crippen molar-refractivity contribution in [2.75, 3.05) is 19.0 Å². The van der Waals surface area contributed by atoms with Gasteiger partial charge in [-0.3, -0.25) is 4.79 Å². The number of carbonyl (C=O) groups excluding carboxylic acids is 1. The molecule has 0 saturated heterocycles. The summed E-state index contributed by atoms with van der Waals surface area (Å²) < 4.78 is 10.6. The van der Waals surface area contributed by atoms with Crippen molar-refractivity contribution in [3.8, 4) is 5.88 Å². The van der Waals surface area contributed by atoms with Crippen LogP contribution < -0.4 is 10.1 Å². The first-order valence-electron chi connectivity index (χ1n) is 6.36. The molecule has 0 radical (unpaired) electrons. The minimum absolute atomic E-state index is 0.210. The lowest BCUT2D eigenvalue weighted by molar-refractivity contribution is -0.133. The van der Waals surface area contributed by atoms with Crippen LogP contribution in [0.5, 0.6) is 5.88 Å². The van der Waals surface area contributed by atoms with Crippen molar-refractivity contribution in [3.63, 3.8) is 0 Å². The van der Waals surface area contributed by atoms with Crippen molar-refractivity contribution in [2.45, 2.75) is 39.7 Å². The Morgan fingerprint density at radius 1 is 1.47 bits per heavy atom. The number of methoxy groups -OCH3 is 1. The molecular formula is C14H22N2O3. The van der Waals surface area contributed by atoms with Gasteiger partial charge in [-0.05, 0) is 33.3 Å². The summed E-state index contributed by atoms with van der Waals surface area (Å²) in [7, 11) is 1.50. The summed E-state index contributed by atoms with van der Waals surface area (Å²) in [5.74, 6) is 0.393. The maximum Gasteiger partial charge on any atom is 0.256 e. The van der Waals surface area contributed by atoms with E-state index in [1.807, 2.05) is 19.9 Å². The first kappa shape index (κ1) is 15.4. The fourth-order valence-corrected chi connectivity index (χ4v) is 1.35. The molecule has 19 heavy (non-hydrogen) atoms. The number of anilines is 1. The van der Waals surface area contributed by atoms with Gasteiger partial charge in [-0.25, -0.2) is 4.98 Å². The highest BCUT2D eigenvalue weighted by atomic mass is 16.5. The first-order valence-corrected chi connectivity index (χ1v) is 6.36. The van der Waals surface area contributed by atoms with Gasteiger partial charge in [0.1, 0.15) is 5.60 Å². The van der Waals surface area contributed by atoms with E-state index in [1.165, 1.54) is 7.11 Å². The lowest BCUT2D eigenvalue weighted by Crippen LogP contribution is -2.38. The lowest BCUT2D eigenvalue weighted by Gasteiger charge is -2.21. The summed E-state index contributed by atoms with van der Waals surface area (Å²) in [6, 6.07) is 1.83. The van der Waals surface area contributed by atoms with Crippen molar-refractivity contribution < 1.29 is 14.3 Å². The highest BCUT2D eigenvalue weighted by Crippen LogP contribution is 2.20. The number of hydrogen-bond acceptors (Lipinski definition) is 4. The standard InChI is InChI=1S/C14H22N2O3/c1-6-7-19-12-10(2)8-11(9-15-12)16-13(17)14(3,4)18-5/h8-9H,6-7H2,1-5H3,(H,16,17). The second-order valence-electron chi connectivity index (χ2n) is 4.86. The summed E-state index contributed by atoms with van der Waals surface area (Å²) in [5.41, 5.74) is 0.656. The fourth-order valence-electron chi connectivity index (χ4n) is 1.35. The van der Waals surface area contributed by atoms with Gasteiger partial charge in [0, 0.05) is 12.7 Å². The molecule has 1 amide bonds. The van der Waals surface area contributed by atoms with Crippen molar-refractivity contribution in [1.82, 2.24) is 4.98 Å². The summed E-state index contributed by atoms with van der Waals surface area (Å²) in [6.07, 6.45) is 2.52. The van der Waals surface area contributed by atoms with Crippen molar-refractivity contribution in [2.24, 2.45) is 0 Å². The number of nitrogens with zero attached hydrogens (tertiary/aromatic N) is 1. The van der Waals surface area contributed by atoms with Crippen LogP contribution in [0.15, 0.2) is 12.3 Å². The van der Waals surface area contributed by atoms with Crippen LogP contribution in [0.3, 0.4) is 0 Å². The monoisotopic (exact) mass is 266 g/mol. The first-order chi connectivity index (χ1) is 8.90. The van der Waals surface area contributed by atoms with Crippen LogP contribution in [0.1, 0.15) is 32.8 Å². The quantitative estimate of drug-likeness (QED) is 0.859. The molecular weight excluding hydrogens is 244 g/mol. The third-order valence-corrected chi connectivity index (χ3v) is 2.79. The molecule has 0 fully saturated rings. The molecule has 1 aromatic rings. The average molecular weight is 266 g/mol. The Kier molecular flexibility index (Phi) is 5.30. The number of aryl methyl sites for hydroxylation is 1. The van der Waals surface area contributed by atoms with E-state index in [2.05, 4.69) is 10.3 Å². The van der Waals surface area contributed by atoms with Gasteiger partial charge < -0.3 is 14.8 Å². The third-order valence-electron chi connectivity index (χ3n) is 2.79. The molecule has 0 bridgehead atoms. The molecule has 1 heterocycles. The van der Waals surface area contributed by atoms with Crippen LogP contribution in [0.25, 0.3) is 0 Å². The summed E-state index contributed by atoms with van der Waals surface area (Å²) in [6.45, 7) is 7.99. The van der Waals surface area contributed by atoms with Crippen LogP contribution in [0.2, 0.25) is 0 Å². The molecule has 0 spiro atoms. The smallest absolute Gasteiger partial charge is 0.256 e. The van der Waals surface area contributed by atoms with Gasteiger partial charge in [0.25, 0.3) is 5.91 Å². The van der Waals surface area contributed by atoms with Crippen LogP contribution in [0, 0.1) is 6.92 Å². The Morgan fingerprint density at radius 3 is 2.68 bits per heavy atom. The average Bonchev–Trinajstić information content (AvgIpc) is 2.37. The SMILES string of the molecule is CCCOc1ncc(NC(=O)C(C)(C)OC)cc1C. The number of amides is 1. The van der Waals surface area contributed by atoms with Crippen molar-refractivity contribution in [1.29, 1.82) is 0 Å². The number of hydrogen-bond donors (Lipinski definition) is 1. The second kappa shape index (κ2) is 6.52. The molecule has 5 nitrogen and oxygen atoms in total. The number of nitrogens with one attached hydrogen (secondary N) is 1. The molecule has 0 aromatic carbocycles. The maximum atomic E-state index is 11.9. The summed E-state index contributed by atoms with van der Waals surface area (Å²) in [4.78, 5) is 16.1. The summed E-state index contributed by atoms with van der Waals surface area (Å²) in [5, 5.41) is 2.78. The minimum atomic E-state index is -0.870. The van der Waals surface area contributed by atoms with E-state index in [0.717, 1.165) is 12.0 Å². The Bertz CT molecular complexity index is 444. The second-order valence-corrected chi connectivity index (χ2v) is 4.86. The van der Waals surface area contributed by atoms with Gasteiger partial charge in [-0.1, -0.05) is 6.92 Å². The third kappa shape index (κ3) is 4.21. The Labute approximate surface area is 114 Å². The number of pyridine rings is 1. The normalized spacial score (nSPS) is 11.2. The Morgan fingerprint density at radius 2 is 2.16 bits per heavy atom. The Hall–Kier alpha value is -1.62. The van der Waals surface area contributed by atoms with Crippen LogP contribution in [0.4, 0.5) is 5.69 Å². The molecule has 1 rings (SSSR count). The van der Waals surface area contributed by atoms with E-state index in [1.54, 1.807) is 20.0 Å². The molecule has 1 aromatic heterocycles. The number of carbonyl (C=O) groups is 1. The topological polar surface area (TPSA) is 60.5 Å². The number of aromatic nitrogens is 1. The molecule has 1 N–H and O–H groups in total. The lowest BCUT2D eigenvalue weighted by atomic mass is 10.1. The van der Waals surface area contributed by atoms with E-state index in [-0.39, 0.29) is 5.91 Å². The zero-order chi connectivity index (χ0) is 14.5. The van der Waals surface area contributed by atoms with E-state index >= 15 is 0 Å². The molecule has 0 aliphatic carbocycles. The molecule has 106 valence electrons. The van der Waals surface area contributed by atoms with Gasteiger partial charge in [0.05, 0.1) is 18.5 Å². The van der Waals surface area contributed by atoms with E-state index in [9.17, 15) is 4.79 Å². The molecule has 0 saturated carbocycles. The molecule has 0 atom stereocenters. The molecule has 5 heteroatoms. The minimum Gasteiger partial charge on any atom is -0.477 e. The van der Waals surface area contributed by atoms with Crippen molar-refractivity contribution in [3.05, 3.63) is 17.8 Å². The highest BCUT2D eigenvalue weighted by molar-refractivity contribution is 5.96. The van der Waals surface area contributed by atoms with Gasteiger partial charge in [0.2, 0.25) is 5.88 Å². The predicted octanol–water partition coefficient (Wildman–Crippen LogP) is 2.54. The predicted molar refractivity (Wildman–Crippen MR) is 74.5 cm³/mol.